The fourth-order valence-electron chi connectivity index (χ4n) is 2.94. The van der Waals surface area contributed by atoms with E-state index in [1.807, 2.05) is 37.2 Å². The average molecular weight is 394 g/mol. The number of pyridine rings is 1. The Labute approximate surface area is 167 Å². The lowest BCUT2D eigenvalue weighted by Gasteiger charge is -2.15. The molecule has 29 heavy (non-hydrogen) atoms. The first-order valence-electron chi connectivity index (χ1n) is 9.00. The minimum Gasteiger partial charge on any atom is -0.506 e. The van der Waals surface area contributed by atoms with Gasteiger partial charge in [-0.2, -0.15) is 0 Å². The van der Waals surface area contributed by atoms with Crippen LogP contribution in [-0.2, 0) is 18.0 Å². The van der Waals surface area contributed by atoms with Crippen LogP contribution in [0.25, 0.3) is 11.3 Å². The lowest BCUT2D eigenvalue weighted by Crippen LogP contribution is -2.22. The molecule has 0 aliphatic carbocycles. The van der Waals surface area contributed by atoms with E-state index in [0.717, 1.165) is 11.3 Å². The van der Waals surface area contributed by atoms with Crippen molar-refractivity contribution in [3.63, 3.8) is 0 Å². The van der Waals surface area contributed by atoms with Gasteiger partial charge < -0.3 is 24.8 Å². The summed E-state index contributed by atoms with van der Waals surface area (Å²) < 4.78 is 5.16. The number of carbonyl (C=O) groups is 1. The Balaban J connectivity index is 1.94. The molecular weight excluding hydrogens is 372 g/mol. The van der Waals surface area contributed by atoms with Crippen LogP contribution in [0.4, 0.5) is 5.69 Å². The summed E-state index contributed by atoms with van der Waals surface area (Å²) in [5, 5.41) is 20.3. The molecule has 0 saturated carbocycles. The second-order valence-electron chi connectivity index (χ2n) is 6.69. The van der Waals surface area contributed by atoms with Crippen LogP contribution < -0.4 is 10.5 Å². The second-order valence-corrected chi connectivity index (χ2v) is 6.69. The van der Waals surface area contributed by atoms with Crippen LogP contribution in [-0.4, -0.2) is 35.3 Å². The normalized spacial score (nSPS) is 10.6. The molecule has 7 nitrogen and oxygen atoms in total. The zero-order valence-electron chi connectivity index (χ0n) is 16.2. The molecule has 2 aromatic carbocycles. The first-order chi connectivity index (χ1) is 13.9. The summed E-state index contributed by atoms with van der Waals surface area (Å²) in [4.78, 5) is 29.4. The summed E-state index contributed by atoms with van der Waals surface area (Å²) in [6.07, 6.45) is 0. The van der Waals surface area contributed by atoms with Crippen molar-refractivity contribution in [2.45, 2.75) is 13.2 Å². The zero-order chi connectivity index (χ0) is 21.0. The van der Waals surface area contributed by atoms with Crippen LogP contribution in [0, 0.1) is 0 Å². The summed E-state index contributed by atoms with van der Waals surface area (Å²) in [6, 6.07) is 16.2. The first kappa shape index (κ1) is 20.2. The molecule has 0 radical (unpaired) electrons. The molecule has 0 spiro atoms. The van der Waals surface area contributed by atoms with E-state index in [1.165, 1.54) is 0 Å². The van der Waals surface area contributed by atoms with Crippen LogP contribution in [0.3, 0.4) is 0 Å². The van der Waals surface area contributed by atoms with Crippen molar-refractivity contribution in [1.29, 1.82) is 0 Å². The van der Waals surface area contributed by atoms with Crippen molar-refractivity contribution >= 4 is 11.7 Å². The highest BCUT2D eigenvalue weighted by Crippen LogP contribution is 2.30. The lowest BCUT2D eigenvalue weighted by molar-refractivity contribution is 0.0466. The number of esters is 1. The van der Waals surface area contributed by atoms with Crippen LogP contribution in [0.1, 0.15) is 21.5 Å². The van der Waals surface area contributed by atoms with Gasteiger partial charge in [0.05, 0.1) is 12.3 Å². The van der Waals surface area contributed by atoms with E-state index in [1.54, 1.807) is 36.4 Å². The number of anilines is 1. The molecule has 7 heteroatoms. The van der Waals surface area contributed by atoms with Gasteiger partial charge in [0.1, 0.15) is 12.4 Å². The molecule has 0 aliphatic rings. The number of aromatic nitrogens is 1. The van der Waals surface area contributed by atoms with E-state index >= 15 is 0 Å². The summed E-state index contributed by atoms with van der Waals surface area (Å²) in [5.74, 6) is -1.54. The molecule has 0 fully saturated rings. The highest BCUT2D eigenvalue weighted by Gasteiger charge is 2.24. The third kappa shape index (κ3) is 4.30. The highest BCUT2D eigenvalue weighted by molar-refractivity contribution is 5.93. The standard InChI is InChI=1S/C22H22N2O5/c1-24(2)16-10-8-15(9-11-16)19-17(12-25)20(26)18(21(27)23-19)22(28)29-13-14-6-4-3-5-7-14/h3-11,25H,12-13H2,1-2H3,(H2,23,26,27). The second kappa shape index (κ2) is 8.62. The van der Waals surface area contributed by atoms with Gasteiger partial charge in [-0.05, 0) is 23.3 Å². The lowest BCUT2D eigenvalue weighted by atomic mass is 10.0. The van der Waals surface area contributed by atoms with Gasteiger partial charge in [-0.25, -0.2) is 4.79 Å². The number of hydrogen-bond donors (Lipinski definition) is 3. The summed E-state index contributed by atoms with van der Waals surface area (Å²) in [5.41, 5.74) is 1.27. The van der Waals surface area contributed by atoms with Gasteiger partial charge in [0.25, 0.3) is 5.56 Å². The molecule has 3 N–H and O–H groups in total. The van der Waals surface area contributed by atoms with Gasteiger partial charge in [-0.3, -0.25) is 4.79 Å². The number of nitrogens with one attached hydrogen (secondary N) is 1. The molecule has 3 rings (SSSR count). The van der Waals surface area contributed by atoms with Crippen molar-refractivity contribution in [2.24, 2.45) is 0 Å². The number of hydrogen-bond acceptors (Lipinski definition) is 6. The number of H-pyrrole nitrogens is 1. The number of carbonyl (C=O) groups excluding carboxylic acids is 1. The van der Waals surface area contributed by atoms with Crippen LogP contribution in [0.5, 0.6) is 5.75 Å². The maximum Gasteiger partial charge on any atom is 0.347 e. The third-order valence-corrected chi connectivity index (χ3v) is 4.54. The van der Waals surface area contributed by atoms with Gasteiger partial charge in [-0.15, -0.1) is 0 Å². The third-order valence-electron chi connectivity index (χ3n) is 4.54. The summed E-state index contributed by atoms with van der Waals surface area (Å²) >= 11 is 0. The zero-order valence-corrected chi connectivity index (χ0v) is 16.2. The van der Waals surface area contributed by atoms with Gasteiger partial charge in [-0.1, -0.05) is 42.5 Å². The smallest absolute Gasteiger partial charge is 0.347 e. The molecular formula is C22H22N2O5. The Morgan fingerprint density at radius 1 is 1.07 bits per heavy atom. The van der Waals surface area contributed by atoms with E-state index in [-0.39, 0.29) is 17.9 Å². The van der Waals surface area contributed by atoms with Crippen molar-refractivity contribution in [1.82, 2.24) is 4.98 Å². The van der Waals surface area contributed by atoms with E-state index in [0.29, 0.717) is 5.56 Å². The van der Waals surface area contributed by atoms with Crippen LogP contribution in [0.2, 0.25) is 0 Å². The van der Waals surface area contributed by atoms with Crippen molar-refractivity contribution < 1.29 is 19.7 Å². The predicted molar refractivity (Wildman–Crippen MR) is 110 cm³/mol. The number of aliphatic hydroxyl groups excluding tert-OH is 1. The summed E-state index contributed by atoms with van der Waals surface area (Å²) in [6.45, 7) is -0.604. The number of rotatable bonds is 6. The predicted octanol–water partition coefficient (Wildman–Crippen LogP) is 2.66. The fraction of sp³-hybridized carbons (Fsp3) is 0.182. The Morgan fingerprint density at radius 3 is 2.31 bits per heavy atom. The van der Waals surface area contributed by atoms with Crippen molar-refractivity contribution in [3.05, 3.63) is 81.6 Å². The monoisotopic (exact) mass is 394 g/mol. The molecule has 0 aliphatic heterocycles. The van der Waals surface area contributed by atoms with Gasteiger partial charge in [0.2, 0.25) is 0 Å². The van der Waals surface area contributed by atoms with E-state index in [2.05, 4.69) is 4.98 Å². The Bertz CT molecular complexity index is 1060. The maximum absolute atomic E-state index is 12.5. The number of aromatic amines is 1. The van der Waals surface area contributed by atoms with E-state index in [9.17, 15) is 19.8 Å². The van der Waals surface area contributed by atoms with Gasteiger partial charge in [0, 0.05) is 25.3 Å². The first-order valence-corrected chi connectivity index (χ1v) is 9.00. The molecule has 0 saturated heterocycles. The van der Waals surface area contributed by atoms with Crippen LogP contribution >= 0.6 is 0 Å². The van der Waals surface area contributed by atoms with Gasteiger partial charge >= 0.3 is 5.97 Å². The molecule has 0 unspecified atom stereocenters. The number of nitrogens with zero attached hydrogens (tertiary/aromatic N) is 1. The Kier molecular flexibility index (Phi) is 5.99. The number of aromatic hydroxyl groups is 1. The minimum atomic E-state index is -0.961. The number of benzene rings is 2. The quantitative estimate of drug-likeness (QED) is 0.556. The van der Waals surface area contributed by atoms with Crippen molar-refractivity contribution in [2.75, 3.05) is 19.0 Å². The maximum atomic E-state index is 12.5. The number of aliphatic hydroxyl groups is 1. The van der Waals surface area contributed by atoms with Crippen LogP contribution in [0.15, 0.2) is 59.4 Å². The minimum absolute atomic E-state index is 0.0409. The van der Waals surface area contributed by atoms with E-state index in [4.69, 9.17) is 4.74 Å². The van der Waals surface area contributed by atoms with E-state index < -0.39 is 29.4 Å². The molecule has 1 heterocycles. The summed E-state index contributed by atoms with van der Waals surface area (Å²) in [7, 11) is 3.80. The average Bonchev–Trinajstić information content (AvgIpc) is 2.72. The topological polar surface area (TPSA) is 103 Å². The molecule has 0 atom stereocenters. The largest absolute Gasteiger partial charge is 0.506 e. The highest BCUT2D eigenvalue weighted by atomic mass is 16.5. The SMILES string of the molecule is CN(C)c1ccc(-c2[nH]c(=O)c(C(=O)OCc3ccccc3)c(O)c2CO)cc1. The molecule has 1 aromatic heterocycles. The molecule has 150 valence electrons. The molecule has 3 aromatic rings. The van der Waals surface area contributed by atoms with Crippen molar-refractivity contribution in [3.8, 4) is 17.0 Å². The number of ether oxygens (including phenoxy) is 1. The van der Waals surface area contributed by atoms with Gasteiger partial charge in [0.15, 0.2) is 5.56 Å². The Hall–Kier alpha value is -3.58. The fourth-order valence-corrected chi connectivity index (χ4v) is 2.94. The molecule has 0 amide bonds. The Morgan fingerprint density at radius 2 is 1.72 bits per heavy atom. The molecule has 0 bridgehead atoms.